The summed E-state index contributed by atoms with van der Waals surface area (Å²) in [5, 5.41) is -0.441. The first-order valence-electron chi connectivity index (χ1n) is 13.7. The van der Waals surface area contributed by atoms with Gasteiger partial charge in [0.25, 0.3) is 0 Å². The van der Waals surface area contributed by atoms with Crippen molar-refractivity contribution in [3.05, 3.63) is 93.4 Å². The van der Waals surface area contributed by atoms with Gasteiger partial charge in [-0.3, -0.25) is 4.79 Å². The molecule has 45 heavy (non-hydrogen) atoms. The molecule has 0 aliphatic carbocycles. The molecule has 0 aliphatic heterocycles. The minimum atomic E-state index is -4.93. The summed E-state index contributed by atoms with van der Waals surface area (Å²) in [6, 6.07) is 15.6. The number of pyridine rings is 2. The fraction of sp³-hybridized carbons (Fsp3) is 0.281. The van der Waals surface area contributed by atoms with Gasteiger partial charge in [0.2, 0.25) is 0 Å². The largest absolute Gasteiger partial charge is 0.497 e. The number of aryl methyl sites for hydroxylation is 1. The number of anilines is 2. The molecule has 0 spiro atoms. The molecule has 4 rings (SSSR count). The van der Waals surface area contributed by atoms with Gasteiger partial charge in [-0.2, -0.15) is 13.2 Å². The Morgan fingerprint density at radius 1 is 0.933 bits per heavy atom. The smallest absolute Gasteiger partial charge is 0.418 e. The number of aromatic nitrogens is 2. The maximum absolute atomic E-state index is 15.8. The second-order valence-corrected chi connectivity index (χ2v) is 10.4. The Kier molecular flexibility index (Phi) is 10.4. The molecule has 0 fully saturated rings. The molecule has 0 unspecified atom stereocenters. The molecule has 238 valence electrons. The van der Waals surface area contributed by atoms with Crippen LogP contribution >= 0.6 is 11.6 Å². The topological polar surface area (TPSA) is 99.8 Å². The van der Waals surface area contributed by atoms with Crippen LogP contribution in [0.15, 0.2) is 54.6 Å². The molecule has 2 heterocycles. The molecule has 0 aliphatic rings. The number of rotatable bonds is 11. The summed E-state index contributed by atoms with van der Waals surface area (Å²) >= 11 is 6.27. The Hall–Kier alpha value is -4.58. The average Bonchev–Trinajstić information content (AvgIpc) is 3.00. The molecule has 0 saturated heterocycles. The van der Waals surface area contributed by atoms with E-state index in [0.29, 0.717) is 11.5 Å². The average molecular weight is 647 g/mol. The van der Waals surface area contributed by atoms with Crippen molar-refractivity contribution in [1.29, 1.82) is 0 Å². The van der Waals surface area contributed by atoms with Gasteiger partial charge in [-0.1, -0.05) is 35.9 Å². The van der Waals surface area contributed by atoms with Crippen LogP contribution in [0.3, 0.4) is 0 Å². The van der Waals surface area contributed by atoms with Crippen LogP contribution in [0.4, 0.5) is 29.1 Å². The van der Waals surface area contributed by atoms with E-state index in [1.54, 1.807) is 36.1 Å². The number of hydrogen-bond acceptors (Lipinski definition) is 8. The maximum Gasteiger partial charge on any atom is 0.418 e. The zero-order valence-electron chi connectivity index (χ0n) is 25.0. The highest BCUT2D eigenvalue weighted by atomic mass is 35.5. The standard InChI is InChI=1S/C32H31ClF4N4O4/c1-5-45-25(42)15-23-28(38)27(34)30(40-31(23)33)29-26(32(35,36)37)18(2)14-24(39-29)41(16-19-6-10-21(43-3)11-7-19)17-20-8-12-22(44-4)13-9-20/h6-14H,5,15-17H2,1-4H3,(H2,38,40). The second kappa shape index (κ2) is 14.0. The second-order valence-electron chi connectivity index (χ2n) is 10.0. The van der Waals surface area contributed by atoms with Gasteiger partial charge >= 0.3 is 12.1 Å². The van der Waals surface area contributed by atoms with Crippen LogP contribution in [-0.4, -0.2) is 36.8 Å². The summed E-state index contributed by atoms with van der Waals surface area (Å²) in [7, 11) is 3.08. The third-order valence-corrected chi connectivity index (χ3v) is 7.27. The van der Waals surface area contributed by atoms with Crippen LogP contribution in [0.1, 0.15) is 34.7 Å². The number of alkyl halides is 3. The molecule has 0 radical (unpaired) electrons. The predicted molar refractivity (Wildman–Crippen MR) is 163 cm³/mol. The molecule has 2 aromatic carbocycles. The van der Waals surface area contributed by atoms with Gasteiger partial charge in [-0.05, 0) is 60.9 Å². The molecule has 2 N–H and O–H groups in total. The van der Waals surface area contributed by atoms with Gasteiger partial charge in [-0.15, -0.1) is 0 Å². The molecule has 4 aromatic rings. The number of nitrogens with zero attached hydrogens (tertiary/aromatic N) is 3. The zero-order valence-corrected chi connectivity index (χ0v) is 25.7. The van der Waals surface area contributed by atoms with Crippen LogP contribution in [0.5, 0.6) is 11.5 Å². The van der Waals surface area contributed by atoms with Crippen molar-refractivity contribution in [2.24, 2.45) is 0 Å². The van der Waals surface area contributed by atoms with Gasteiger partial charge < -0.3 is 24.8 Å². The number of methoxy groups -OCH3 is 2. The van der Waals surface area contributed by atoms with E-state index in [1.165, 1.54) is 27.2 Å². The molecule has 8 nitrogen and oxygen atoms in total. The molecule has 2 aromatic heterocycles. The first-order valence-corrected chi connectivity index (χ1v) is 14.1. The summed E-state index contributed by atoms with van der Waals surface area (Å²) in [6.45, 7) is 3.35. The van der Waals surface area contributed by atoms with Crippen molar-refractivity contribution < 1.29 is 36.6 Å². The van der Waals surface area contributed by atoms with Crippen molar-refractivity contribution >= 4 is 29.1 Å². The number of nitrogen functional groups attached to an aromatic ring is 1. The van der Waals surface area contributed by atoms with Crippen LogP contribution in [0, 0.1) is 12.7 Å². The number of hydrogen-bond donors (Lipinski definition) is 1. The molecular formula is C32H31ClF4N4O4. The summed E-state index contributed by atoms with van der Waals surface area (Å²) in [5.74, 6) is -0.652. The predicted octanol–water partition coefficient (Wildman–Crippen LogP) is 7.18. The lowest BCUT2D eigenvalue weighted by Gasteiger charge is -2.27. The summed E-state index contributed by atoms with van der Waals surface area (Å²) in [5.41, 5.74) is 3.77. The number of carbonyl (C=O) groups is 1. The van der Waals surface area contributed by atoms with Crippen molar-refractivity contribution in [1.82, 2.24) is 9.97 Å². The molecular weight excluding hydrogens is 616 g/mol. The van der Waals surface area contributed by atoms with Crippen molar-refractivity contribution in [2.75, 3.05) is 31.5 Å². The van der Waals surface area contributed by atoms with Crippen molar-refractivity contribution in [3.63, 3.8) is 0 Å². The number of esters is 1. The summed E-state index contributed by atoms with van der Waals surface area (Å²) in [6.07, 6.45) is -5.44. The van der Waals surface area contributed by atoms with E-state index < -0.39 is 52.2 Å². The zero-order chi connectivity index (χ0) is 32.9. The summed E-state index contributed by atoms with van der Waals surface area (Å²) in [4.78, 5) is 22.1. The Morgan fingerprint density at radius 2 is 1.47 bits per heavy atom. The lowest BCUT2D eigenvalue weighted by molar-refractivity contribution is -0.142. The van der Waals surface area contributed by atoms with Crippen LogP contribution < -0.4 is 20.1 Å². The van der Waals surface area contributed by atoms with E-state index in [1.807, 2.05) is 24.3 Å². The number of benzene rings is 2. The monoisotopic (exact) mass is 646 g/mol. The minimum Gasteiger partial charge on any atom is -0.497 e. The van der Waals surface area contributed by atoms with E-state index in [9.17, 15) is 18.0 Å². The quantitative estimate of drug-likeness (QED) is 0.104. The highest BCUT2D eigenvalue weighted by molar-refractivity contribution is 6.31. The number of nitrogens with two attached hydrogens (primary N) is 1. The SMILES string of the molecule is CCOC(=O)Cc1c(Cl)nc(-c2nc(N(Cc3ccc(OC)cc3)Cc3ccc(OC)cc3)cc(C)c2C(F)(F)F)c(F)c1N. The van der Waals surface area contributed by atoms with Gasteiger partial charge in [0.05, 0.1) is 38.5 Å². The normalized spacial score (nSPS) is 11.3. The van der Waals surface area contributed by atoms with Gasteiger partial charge in [0.15, 0.2) is 5.82 Å². The molecule has 13 heteroatoms. The molecule has 0 bridgehead atoms. The van der Waals surface area contributed by atoms with Gasteiger partial charge in [-0.25, -0.2) is 14.4 Å². The van der Waals surface area contributed by atoms with E-state index in [0.717, 1.165) is 11.1 Å². The highest BCUT2D eigenvalue weighted by Crippen LogP contribution is 2.42. The Bertz CT molecular complexity index is 1620. The molecule has 0 saturated carbocycles. The van der Waals surface area contributed by atoms with Crippen LogP contribution in [-0.2, 0) is 35.2 Å². The third kappa shape index (κ3) is 7.75. The Morgan fingerprint density at radius 3 is 1.93 bits per heavy atom. The fourth-order valence-electron chi connectivity index (χ4n) is 4.73. The summed E-state index contributed by atoms with van der Waals surface area (Å²) < 4.78 is 74.6. The molecule has 0 atom stereocenters. The first kappa shape index (κ1) is 33.3. The highest BCUT2D eigenvalue weighted by Gasteiger charge is 2.39. The Balaban J connectivity index is 1.88. The fourth-order valence-corrected chi connectivity index (χ4v) is 4.99. The van der Waals surface area contributed by atoms with E-state index >= 15 is 4.39 Å². The van der Waals surface area contributed by atoms with E-state index in [2.05, 4.69) is 9.97 Å². The maximum atomic E-state index is 15.8. The van der Waals surface area contributed by atoms with E-state index in [-0.39, 0.29) is 36.6 Å². The van der Waals surface area contributed by atoms with Crippen LogP contribution in [0.25, 0.3) is 11.4 Å². The third-order valence-electron chi connectivity index (χ3n) is 6.95. The number of carbonyl (C=O) groups excluding carboxylic acids is 1. The Labute approximate surface area is 262 Å². The van der Waals surface area contributed by atoms with Gasteiger partial charge in [0.1, 0.15) is 33.9 Å². The minimum absolute atomic E-state index is 0.0544. The van der Waals surface area contributed by atoms with Crippen molar-refractivity contribution in [2.45, 2.75) is 39.5 Å². The van der Waals surface area contributed by atoms with Crippen LogP contribution in [0.2, 0.25) is 5.15 Å². The number of ether oxygens (including phenoxy) is 3. The van der Waals surface area contributed by atoms with Crippen molar-refractivity contribution in [3.8, 4) is 22.9 Å². The lowest BCUT2D eigenvalue weighted by Crippen LogP contribution is -2.25. The van der Waals surface area contributed by atoms with Gasteiger partial charge in [0, 0.05) is 18.7 Å². The first-order chi connectivity index (χ1) is 21.4. The van der Waals surface area contributed by atoms with E-state index in [4.69, 9.17) is 31.5 Å². The lowest BCUT2D eigenvalue weighted by atomic mass is 10.0. The molecule has 0 amide bonds. The number of halogens is 5.